The molecule has 0 aliphatic rings. The van der Waals surface area contributed by atoms with Crippen LogP contribution in [0.5, 0.6) is 0 Å². The molecule has 0 bridgehead atoms. The van der Waals surface area contributed by atoms with E-state index < -0.39 is 0 Å². The number of rotatable bonds is 4. The van der Waals surface area contributed by atoms with Gasteiger partial charge in [0.1, 0.15) is 11.6 Å². The maximum absolute atomic E-state index is 13.8. The maximum Gasteiger partial charge on any atom is 0.132 e. The van der Waals surface area contributed by atoms with E-state index in [2.05, 4.69) is 26.2 Å². The molecule has 0 aliphatic carbocycles. The largest absolute Gasteiger partial charge is 0.331 e. The lowest BCUT2D eigenvalue weighted by atomic mass is 10.1. The van der Waals surface area contributed by atoms with Gasteiger partial charge in [-0.2, -0.15) is 0 Å². The molecule has 1 N–H and O–H groups in total. The van der Waals surface area contributed by atoms with Gasteiger partial charge in [0.05, 0.1) is 11.9 Å². The van der Waals surface area contributed by atoms with Crippen LogP contribution in [0.2, 0.25) is 0 Å². The zero-order chi connectivity index (χ0) is 13.1. The summed E-state index contributed by atoms with van der Waals surface area (Å²) >= 11 is 3.36. The molecule has 2 aromatic rings. The van der Waals surface area contributed by atoms with E-state index in [1.54, 1.807) is 18.3 Å². The van der Waals surface area contributed by atoms with Crippen molar-refractivity contribution in [2.75, 3.05) is 13.6 Å². The second-order valence-electron chi connectivity index (χ2n) is 4.10. The van der Waals surface area contributed by atoms with Gasteiger partial charge < -0.3 is 9.88 Å². The summed E-state index contributed by atoms with van der Waals surface area (Å²) in [5.74, 6) is 0.708. The summed E-state index contributed by atoms with van der Waals surface area (Å²) in [5.41, 5.74) is 1.36. The molecule has 0 atom stereocenters. The van der Waals surface area contributed by atoms with E-state index in [-0.39, 0.29) is 5.82 Å². The van der Waals surface area contributed by atoms with E-state index >= 15 is 0 Å². The van der Waals surface area contributed by atoms with Gasteiger partial charge in [0.25, 0.3) is 0 Å². The van der Waals surface area contributed by atoms with Crippen LogP contribution in [0.1, 0.15) is 5.82 Å². The van der Waals surface area contributed by atoms with Crippen molar-refractivity contribution in [3.8, 4) is 11.3 Å². The lowest BCUT2D eigenvalue weighted by molar-refractivity contribution is 0.628. The van der Waals surface area contributed by atoms with Gasteiger partial charge in [-0.1, -0.05) is 15.9 Å². The summed E-state index contributed by atoms with van der Waals surface area (Å²) in [6.45, 7) is 0.852. The van der Waals surface area contributed by atoms with Crippen molar-refractivity contribution in [1.82, 2.24) is 14.9 Å². The molecule has 2 rings (SSSR count). The molecular formula is C13H15BrFN3. The van der Waals surface area contributed by atoms with Crippen LogP contribution in [0.15, 0.2) is 28.9 Å². The second kappa shape index (κ2) is 5.63. The van der Waals surface area contributed by atoms with Crippen molar-refractivity contribution in [2.24, 2.45) is 7.05 Å². The van der Waals surface area contributed by atoms with E-state index in [4.69, 9.17) is 0 Å². The Hall–Kier alpha value is -1.20. The van der Waals surface area contributed by atoms with Crippen LogP contribution in [0.4, 0.5) is 4.39 Å². The Balaban J connectivity index is 2.39. The Bertz CT molecular complexity index is 551. The molecule has 0 saturated heterocycles. The van der Waals surface area contributed by atoms with Crippen molar-refractivity contribution in [3.63, 3.8) is 0 Å². The lowest BCUT2D eigenvalue weighted by Crippen LogP contribution is -2.13. The number of benzene rings is 1. The number of aromatic nitrogens is 2. The van der Waals surface area contributed by atoms with Crippen LogP contribution in [-0.2, 0) is 13.5 Å². The van der Waals surface area contributed by atoms with Crippen molar-refractivity contribution < 1.29 is 4.39 Å². The summed E-state index contributed by atoms with van der Waals surface area (Å²) < 4.78 is 16.6. The molecule has 0 aliphatic heterocycles. The predicted octanol–water partition coefficient (Wildman–Crippen LogP) is 2.75. The monoisotopic (exact) mass is 311 g/mol. The minimum Gasteiger partial charge on any atom is -0.331 e. The smallest absolute Gasteiger partial charge is 0.132 e. The Labute approximate surface area is 114 Å². The molecule has 3 nitrogen and oxygen atoms in total. The standard InChI is InChI=1S/C13H15BrFN3/c1-16-6-5-13-17-8-12(18(13)2)10-7-9(14)3-4-11(10)15/h3-4,7-8,16H,5-6H2,1-2H3. The summed E-state index contributed by atoms with van der Waals surface area (Å²) in [7, 11) is 3.81. The molecule has 0 spiro atoms. The molecular weight excluding hydrogens is 297 g/mol. The van der Waals surface area contributed by atoms with Gasteiger partial charge in [-0.3, -0.25) is 0 Å². The molecule has 18 heavy (non-hydrogen) atoms. The van der Waals surface area contributed by atoms with E-state index in [1.807, 2.05) is 18.7 Å². The molecule has 1 heterocycles. The van der Waals surface area contributed by atoms with Gasteiger partial charge in [-0.15, -0.1) is 0 Å². The van der Waals surface area contributed by atoms with Gasteiger partial charge in [0.2, 0.25) is 0 Å². The fourth-order valence-corrected chi connectivity index (χ4v) is 2.22. The van der Waals surface area contributed by atoms with E-state index in [1.165, 1.54) is 6.07 Å². The molecule has 1 aromatic heterocycles. The highest BCUT2D eigenvalue weighted by Gasteiger charge is 2.12. The van der Waals surface area contributed by atoms with Crippen LogP contribution < -0.4 is 5.32 Å². The van der Waals surface area contributed by atoms with Crippen LogP contribution >= 0.6 is 15.9 Å². The Morgan fingerprint density at radius 2 is 2.22 bits per heavy atom. The molecule has 1 aromatic carbocycles. The van der Waals surface area contributed by atoms with Crippen LogP contribution in [0.3, 0.4) is 0 Å². The first-order valence-corrected chi connectivity index (χ1v) is 6.53. The lowest BCUT2D eigenvalue weighted by Gasteiger charge is -2.07. The number of likely N-dealkylation sites (N-methyl/N-ethyl adjacent to an activating group) is 1. The van der Waals surface area contributed by atoms with E-state index in [9.17, 15) is 4.39 Å². The Kier molecular flexibility index (Phi) is 4.14. The third-order valence-corrected chi connectivity index (χ3v) is 3.38. The molecule has 0 saturated carbocycles. The Morgan fingerprint density at radius 1 is 1.44 bits per heavy atom. The third-order valence-electron chi connectivity index (χ3n) is 2.89. The van der Waals surface area contributed by atoms with E-state index in [0.29, 0.717) is 5.56 Å². The fraction of sp³-hybridized carbons (Fsp3) is 0.308. The van der Waals surface area contributed by atoms with Crippen LogP contribution in [-0.4, -0.2) is 23.1 Å². The topological polar surface area (TPSA) is 29.9 Å². The first-order valence-electron chi connectivity index (χ1n) is 5.74. The van der Waals surface area contributed by atoms with Gasteiger partial charge >= 0.3 is 0 Å². The highest BCUT2D eigenvalue weighted by Crippen LogP contribution is 2.26. The first-order chi connectivity index (χ1) is 8.63. The van der Waals surface area contributed by atoms with E-state index in [0.717, 1.165) is 29.0 Å². The number of nitrogens with one attached hydrogen (secondary N) is 1. The first kappa shape index (κ1) is 13.2. The Morgan fingerprint density at radius 3 is 2.94 bits per heavy atom. The van der Waals surface area contributed by atoms with Gasteiger partial charge in [-0.25, -0.2) is 9.37 Å². The average Bonchev–Trinajstić information content (AvgIpc) is 2.71. The van der Waals surface area contributed by atoms with Gasteiger partial charge in [0.15, 0.2) is 0 Å². The minimum atomic E-state index is -0.235. The van der Waals surface area contributed by atoms with Crippen molar-refractivity contribution in [2.45, 2.75) is 6.42 Å². The number of nitrogens with zero attached hydrogens (tertiary/aromatic N) is 2. The average molecular weight is 312 g/mol. The molecule has 0 fully saturated rings. The van der Waals surface area contributed by atoms with Crippen LogP contribution in [0, 0.1) is 5.82 Å². The highest BCUT2D eigenvalue weighted by molar-refractivity contribution is 9.10. The molecule has 0 amide bonds. The maximum atomic E-state index is 13.8. The molecule has 5 heteroatoms. The van der Waals surface area contributed by atoms with Crippen molar-refractivity contribution in [1.29, 1.82) is 0 Å². The van der Waals surface area contributed by atoms with Gasteiger partial charge in [-0.05, 0) is 25.2 Å². The number of hydrogen-bond donors (Lipinski definition) is 1. The zero-order valence-corrected chi connectivity index (χ0v) is 12.0. The minimum absolute atomic E-state index is 0.235. The zero-order valence-electron chi connectivity index (χ0n) is 10.4. The summed E-state index contributed by atoms with van der Waals surface area (Å²) in [5, 5.41) is 3.08. The second-order valence-corrected chi connectivity index (χ2v) is 5.01. The molecule has 0 unspecified atom stereocenters. The van der Waals surface area contributed by atoms with Crippen molar-refractivity contribution in [3.05, 3.63) is 40.5 Å². The fourth-order valence-electron chi connectivity index (χ4n) is 1.86. The predicted molar refractivity (Wildman–Crippen MR) is 73.9 cm³/mol. The van der Waals surface area contributed by atoms with Crippen molar-refractivity contribution >= 4 is 15.9 Å². The summed E-state index contributed by atoms with van der Waals surface area (Å²) in [6, 6.07) is 4.92. The summed E-state index contributed by atoms with van der Waals surface area (Å²) in [4.78, 5) is 4.34. The van der Waals surface area contributed by atoms with Gasteiger partial charge in [0, 0.05) is 30.0 Å². The quantitative estimate of drug-likeness (QED) is 0.941. The number of imidazole rings is 1. The number of halogens is 2. The highest BCUT2D eigenvalue weighted by atomic mass is 79.9. The SMILES string of the molecule is CNCCc1ncc(-c2cc(Br)ccc2F)n1C. The molecule has 96 valence electrons. The molecule has 0 radical (unpaired) electrons. The number of hydrogen-bond acceptors (Lipinski definition) is 2. The van der Waals surface area contributed by atoms with Crippen LogP contribution in [0.25, 0.3) is 11.3 Å². The summed E-state index contributed by atoms with van der Waals surface area (Å²) in [6.07, 6.45) is 2.54. The third kappa shape index (κ3) is 2.62. The normalized spacial score (nSPS) is 10.9.